The lowest BCUT2D eigenvalue weighted by Gasteiger charge is -2.18. The zero-order valence-corrected chi connectivity index (χ0v) is 18.7. The van der Waals surface area contributed by atoms with Crippen molar-refractivity contribution in [3.05, 3.63) is 57.0 Å². The molecule has 1 unspecified atom stereocenters. The zero-order chi connectivity index (χ0) is 22.5. The SMILES string of the molecule is CCC(C(=O)Nc1cccc(C)c1)n1cnc2sc(C(=O)OCCOC)c(C)c2c1=O. The van der Waals surface area contributed by atoms with Crippen LogP contribution in [0.5, 0.6) is 0 Å². The van der Waals surface area contributed by atoms with Crippen LogP contribution in [-0.4, -0.2) is 41.8 Å². The molecule has 1 atom stereocenters. The van der Waals surface area contributed by atoms with Crippen LogP contribution in [0.4, 0.5) is 5.69 Å². The van der Waals surface area contributed by atoms with Gasteiger partial charge in [-0.05, 0) is 43.5 Å². The van der Waals surface area contributed by atoms with Crippen LogP contribution in [0.25, 0.3) is 10.2 Å². The molecule has 2 aromatic heterocycles. The molecule has 1 amide bonds. The number of hydrogen-bond acceptors (Lipinski definition) is 7. The molecule has 3 rings (SSSR count). The Balaban J connectivity index is 1.93. The number of nitrogens with zero attached hydrogens (tertiary/aromatic N) is 2. The second kappa shape index (κ2) is 9.84. The van der Waals surface area contributed by atoms with E-state index >= 15 is 0 Å². The van der Waals surface area contributed by atoms with Crippen LogP contribution in [-0.2, 0) is 14.3 Å². The lowest BCUT2D eigenvalue weighted by Crippen LogP contribution is -2.33. The highest BCUT2D eigenvalue weighted by Crippen LogP contribution is 2.28. The lowest BCUT2D eigenvalue weighted by molar-refractivity contribution is -0.119. The van der Waals surface area contributed by atoms with Crippen LogP contribution >= 0.6 is 11.3 Å². The minimum atomic E-state index is -0.735. The van der Waals surface area contributed by atoms with Gasteiger partial charge in [0.25, 0.3) is 5.56 Å². The monoisotopic (exact) mass is 443 g/mol. The Labute approximate surface area is 183 Å². The Morgan fingerprint density at radius 3 is 2.71 bits per heavy atom. The van der Waals surface area contributed by atoms with E-state index in [0.717, 1.165) is 16.9 Å². The second-order valence-electron chi connectivity index (χ2n) is 7.10. The third-order valence-electron chi connectivity index (χ3n) is 4.89. The number of esters is 1. The van der Waals surface area contributed by atoms with Crippen LogP contribution in [0.1, 0.15) is 40.2 Å². The summed E-state index contributed by atoms with van der Waals surface area (Å²) in [4.78, 5) is 43.6. The maximum absolute atomic E-state index is 13.2. The fourth-order valence-electron chi connectivity index (χ4n) is 3.29. The summed E-state index contributed by atoms with van der Waals surface area (Å²) < 4.78 is 11.4. The zero-order valence-electron chi connectivity index (χ0n) is 17.9. The fraction of sp³-hybridized carbons (Fsp3) is 0.364. The Kier molecular flexibility index (Phi) is 7.19. The summed E-state index contributed by atoms with van der Waals surface area (Å²) in [5.41, 5.74) is 1.83. The lowest BCUT2D eigenvalue weighted by atomic mass is 10.1. The smallest absolute Gasteiger partial charge is 0.348 e. The van der Waals surface area contributed by atoms with E-state index < -0.39 is 12.0 Å². The number of aryl methyl sites for hydroxylation is 2. The van der Waals surface area contributed by atoms with Gasteiger partial charge >= 0.3 is 5.97 Å². The Morgan fingerprint density at radius 1 is 1.26 bits per heavy atom. The first kappa shape index (κ1) is 22.6. The first-order valence-electron chi connectivity index (χ1n) is 9.91. The summed E-state index contributed by atoms with van der Waals surface area (Å²) in [6, 6.07) is 6.72. The van der Waals surface area contributed by atoms with Crippen molar-refractivity contribution in [3.8, 4) is 0 Å². The van der Waals surface area contributed by atoms with Crippen molar-refractivity contribution >= 4 is 39.1 Å². The van der Waals surface area contributed by atoms with Crippen LogP contribution < -0.4 is 10.9 Å². The van der Waals surface area contributed by atoms with Crippen LogP contribution in [0.3, 0.4) is 0 Å². The van der Waals surface area contributed by atoms with Gasteiger partial charge in [-0.1, -0.05) is 19.1 Å². The van der Waals surface area contributed by atoms with Crippen molar-refractivity contribution in [2.45, 2.75) is 33.2 Å². The third-order valence-corrected chi connectivity index (χ3v) is 6.07. The third kappa shape index (κ3) is 4.83. The molecule has 164 valence electrons. The number of anilines is 1. The van der Waals surface area contributed by atoms with E-state index in [4.69, 9.17) is 9.47 Å². The summed E-state index contributed by atoms with van der Waals surface area (Å²) in [7, 11) is 1.52. The Hall–Kier alpha value is -3.04. The number of rotatable bonds is 8. The van der Waals surface area contributed by atoms with Crippen molar-refractivity contribution in [3.63, 3.8) is 0 Å². The Bertz CT molecular complexity index is 1170. The van der Waals surface area contributed by atoms with Crippen LogP contribution in [0, 0.1) is 13.8 Å². The molecule has 0 aliphatic heterocycles. The number of carbonyl (C=O) groups is 2. The number of ether oxygens (including phenoxy) is 2. The van der Waals surface area contributed by atoms with E-state index in [9.17, 15) is 14.4 Å². The number of hydrogen-bond donors (Lipinski definition) is 1. The molecular weight excluding hydrogens is 418 g/mol. The molecule has 31 heavy (non-hydrogen) atoms. The molecule has 0 saturated carbocycles. The van der Waals surface area contributed by atoms with E-state index in [1.165, 1.54) is 18.0 Å². The standard InChI is InChI=1S/C22H25N3O5S/c1-5-16(19(26)24-15-8-6-7-13(2)11-15)25-12-23-20-17(21(25)27)14(3)18(31-20)22(28)30-10-9-29-4/h6-8,11-12,16H,5,9-10H2,1-4H3,(H,24,26). The number of nitrogens with one attached hydrogen (secondary N) is 1. The molecule has 3 aromatic rings. The molecule has 0 radical (unpaired) electrons. The number of carbonyl (C=O) groups excluding carboxylic acids is 2. The number of benzene rings is 1. The minimum absolute atomic E-state index is 0.123. The molecule has 8 nitrogen and oxygen atoms in total. The van der Waals surface area contributed by atoms with Gasteiger partial charge in [0.05, 0.1) is 18.3 Å². The largest absolute Gasteiger partial charge is 0.459 e. The van der Waals surface area contributed by atoms with Crippen molar-refractivity contribution in [2.24, 2.45) is 0 Å². The van der Waals surface area contributed by atoms with Gasteiger partial charge in [-0.3, -0.25) is 14.2 Å². The van der Waals surface area contributed by atoms with Gasteiger partial charge in [-0.2, -0.15) is 0 Å². The van der Waals surface area contributed by atoms with Crippen molar-refractivity contribution in [1.82, 2.24) is 9.55 Å². The maximum Gasteiger partial charge on any atom is 0.348 e. The van der Waals surface area contributed by atoms with Gasteiger partial charge in [-0.15, -0.1) is 11.3 Å². The van der Waals surface area contributed by atoms with Gasteiger partial charge < -0.3 is 14.8 Å². The molecule has 2 heterocycles. The minimum Gasteiger partial charge on any atom is -0.459 e. The Morgan fingerprint density at radius 2 is 2.03 bits per heavy atom. The molecule has 1 N–H and O–H groups in total. The van der Waals surface area contributed by atoms with Crippen molar-refractivity contribution < 1.29 is 19.1 Å². The van der Waals surface area contributed by atoms with Crippen molar-refractivity contribution in [1.29, 1.82) is 0 Å². The van der Waals surface area contributed by atoms with E-state index in [1.54, 1.807) is 13.0 Å². The maximum atomic E-state index is 13.2. The second-order valence-corrected chi connectivity index (χ2v) is 8.10. The van der Waals surface area contributed by atoms with Gasteiger partial charge in [0.15, 0.2) is 0 Å². The number of aromatic nitrogens is 2. The normalized spacial score (nSPS) is 12.0. The number of fused-ring (bicyclic) bond motifs is 1. The highest BCUT2D eigenvalue weighted by Gasteiger charge is 2.25. The number of thiophene rings is 1. The van der Waals surface area contributed by atoms with E-state index in [2.05, 4.69) is 10.3 Å². The van der Waals surface area contributed by atoms with Gasteiger partial charge in [0, 0.05) is 12.8 Å². The average Bonchev–Trinajstić information content (AvgIpc) is 3.07. The van der Waals surface area contributed by atoms with E-state index in [1.807, 2.05) is 32.0 Å². The van der Waals surface area contributed by atoms with Gasteiger partial charge in [0.1, 0.15) is 22.4 Å². The number of amides is 1. The molecule has 0 spiro atoms. The first-order chi connectivity index (χ1) is 14.9. The topological polar surface area (TPSA) is 99.5 Å². The van der Waals surface area contributed by atoms with Crippen LogP contribution in [0.2, 0.25) is 0 Å². The highest BCUT2D eigenvalue weighted by atomic mass is 32.1. The van der Waals surface area contributed by atoms with E-state index in [0.29, 0.717) is 32.8 Å². The number of methoxy groups -OCH3 is 1. The van der Waals surface area contributed by atoms with Gasteiger partial charge in [0.2, 0.25) is 5.91 Å². The molecule has 0 saturated heterocycles. The molecule has 0 fully saturated rings. The highest BCUT2D eigenvalue weighted by molar-refractivity contribution is 7.20. The summed E-state index contributed by atoms with van der Waals surface area (Å²) in [5.74, 6) is -0.823. The molecule has 0 aliphatic rings. The summed E-state index contributed by atoms with van der Waals surface area (Å²) in [6.07, 6.45) is 1.77. The fourth-order valence-corrected chi connectivity index (χ4v) is 4.33. The summed E-state index contributed by atoms with van der Waals surface area (Å²) in [5, 5.41) is 3.19. The molecule has 0 aliphatic carbocycles. The molecule has 0 bridgehead atoms. The average molecular weight is 444 g/mol. The summed E-state index contributed by atoms with van der Waals surface area (Å²) in [6.45, 7) is 5.86. The quantitative estimate of drug-likeness (QED) is 0.423. The van der Waals surface area contributed by atoms with Gasteiger partial charge in [-0.25, -0.2) is 9.78 Å². The summed E-state index contributed by atoms with van der Waals surface area (Å²) >= 11 is 1.10. The molecule has 9 heteroatoms. The predicted molar refractivity (Wildman–Crippen MR) is 120 cm³/mol. The van der Waals surface area contributed by atoms with Crippen LogP contribution in [0.15, 0.2) is 35.4 Å². The predicted octanol–water partition coefficient (Wildman–Crippen LogP) is 3.47. The van der Waals surface area contributed by atoms with E-state index in [-0.39, 0.29) is 24.7 Å². The molecule has 1 aromatic carbocycles. The first-order valence-corrected chi connectivity index (χ1v) is 10.7. The molecular formula is C22H25N3O5S. The van der Waals surface area contributed by atoms with Crippen molar-refractivity contribution in [2.75, 3.05) is 25.6 Å².